The average molecular weight is 214 g/mol. The van der Waals surface area contributed by atoms with Crippen molar-refractivity contribution < 1.29 is 0 Å². The summed E-state index contributed by atoms with van der Waals surface area (Å²) < 4.78 is 1.95. The Bertz CT molecular complexity index is 432. The Morgan fingerprint density at radius 2 is 2.12 bits per heavy atom. The SMILES string of the molecule is CN(C)Cc1cccc(Cn2[c]ncc2)c1. The molecule has 0 saturated heterocycles. The molecular weight excluding hydrogens is 198 g/mol. The lowest BCUT2D eigenvalue weighted by atomic mass is 10.1. The summed E-state index contributed by atoms with van der Waals surface area (Å²) in [6, 6.07) is 8.62. The molecule has 1 aromatic heterocycles. The van der Waals surface area contributed by atoms with Crippen LogP contribution in [-0.2, 0) is 13.1 Å². The van der Waals surface area contributed by atoms with E-state index in [2.05, 4.69) is 54.6 Å². The van der Waals surface area contributed by atoms with Crippen LogP contribution in [0.5, 0.6) is 0 Å². The van der Waals surface area contributed by atoms with Crippen LogP contribution in [0.2, 0.25) is 0 Å². The van der Waals surface area contributed by atoms with Gasteiger partial charge >= 0.3 is 0 Å². The lowest BCUT2D eigenvalue weighted by Crippen LogP contribution is -2.10. The molecule has 3 nitrogen and oxygen atoms in total. The molecule has 16 heavy (non-hydrogen) atoms. The van der Waals surface area contributed by atoms with Gasteiger partial charge in [-0.2, -0.15) is 0 Å². The Morgan fingerprint density at radius 3 is 2.81 bits per heavy atom. The Morgan fingerprint density at radius 1 is 1.31 bits per heavy atom. The predicted molar refractivity (Wildman–Crippen MR) is 64.0 cm³/mol. The van der Waals surface area contributed by atoms with Crippen LogP contribution >= 0.6 is 0 Å². The van der Waals surface area contributed by atoms with Crippen molar-refractivity contribution in [3.05, 3.63) is 54.1 Å². The molecule has 0 atom stereocenters. The molecule has 1 heterocycles. The minimum atomic E-state index is 0.835. The molecule has 1 radical (unpaired) electrons. The summed E-state index contributed by atoms with van der Waals surface area (Å²) in [5.41, 5.74) is 2.62. The van der Waals surface area contributed by atoms with Crippen molar-refractivity contribution in [2.75, 3.05) is 14.1 Å². The van der Waals surface area contributed by atoms with E-state index in [1.807, 2.05) is 10.8 Å². The Labute approximate surface area is 96.3 Å². The first-order chi connectivity index (χ1) is 7.74. The first kappa shape index (κ1) is 10.9. The zero-order valence-corrected chi connectivity index (χ0v) is 9.72. The van der Waals surface area contributed by atoms with Crippen molar-refractivity contribution in [3.63, 3.8) is 0 Å². The van der Waals surface area contributed by atoms with Crippen LogP contribution in [0.3, 0.4) is 0 Å². The van der Waals surface area contributed by atoms with E-state index < -0.39 is 0 Å². The van der Waals surface area contributed by atoms with Crippen LogP contribution in [0.25, 0.3) is 0 Å². The highest BCUT2D eigenvalue weighted by Crippen LogP contribution is 2.08. The van der Waals surface area contributed by atoms with E-state index in [0.717, 1.165) is 13.1 Å². The van der Waals surface area contributed by atoms with Gasteiger partial charge in [-0.25, -0.2) is 4.98 Å². The molecule has 3 heteroatoms. The molecule has 0 spiro atoms. The monoisotopic (exact) mass is 214 g/mol. The van der Waals surface area contributed by atoms with Gasteiger partial charge in [0.15, 0.2) is 6.33 Å². The molecule has 1 aromatic carbocycles. The first-order valence-electron chi connectivity index (χ1n) is 5.35. The third kappa shape index (κ3) is 2.94. The van der Waals surface area contributed by atoms with E-state index in [4.69, 9.17) is 0 Å². The minimum Gasteiger partial charge on any atom is -0.324 e. The molecule has 0 aliphatic carbocycles. The van der Waals surface area contributed by atoms with Gasteiger partial charge in [0.1, 0.15) is 0 Å². The summed E-state index contributed by atoms with van der Waals surface area (Å²) in [5.74, 6) is 0. The summed E-state index contributed by atoms with van der Waals surface area (Å²) in [6.45, 7) is 1.81. The van der Waals surface area contributed by atoms with E-state index in [0.29, 0.717) is 0 Å². The van der Waals surface area contributed by atoms with Gasteiger partial charge in [0.25, 0.3) is 0 Å². The Kier molecular flexibility index (Phi) is 3.37. The molecule has 2 rings (SSSR count). The van der Waals surface area contributed by atoms with Gasteiger partial charge in [0.05, 0.1) is 0 Å². The summed E-state index contributed by atoms with van der Waals surface area (Å²) >= 11 is 0. The van der Waals surface area contributed by atoms with E-state index in [9.17, 15) is 0 Å². The van der Waals surface area contributed by atoms with E-state index >= 15 is 0 Å². The fourth-order valence-corrected chi connectivity index (χ4v) is 1.73. The van der Waals surface area contributed by atoms with Crippen molar-refractivity contribution in [1.29, 1.82) is 0 Å². The minimum absolute atomic E-state index is 0.835. The highest BCUT2D eigenvalue weighted by Gasteiger charge is 1.98. The third-order valence-corrected chi connectivity index (χ3v) is 2.35. The molecule has 0 saturated carbocycles. The van der Waals surface area contributed by atoms with Crippen molar-refractivity contribution in [3.8, 4) is 0 Å². The Hall–Kier alpha value is -1.61. The number of hydrogen-bond donors (Lipinski definition) is 0. The van der Waals surface area contributed by atoms with Crippen molar-refractivity contribution in [2.24, 2.45) is 0 Å². The van der Waals surface area contributed by atoms with Gasteiger partial charge in [-0.15, -0.1) is 0 Å². The van der Waals surface area contributed by atoms with Crippen molar-refractivity contribution in [2.45, 2.75) is 13.1 Å². The van der Waals surface area contributed by atoms with Crippen LogP contribution in [0, 0.1) is 6.33 Å². The number of nitrogens with zero attached hydrogens (tertiary/aromatic N) is 3. The molecule has 0 amide bonds. The summed E-state index contributed by atoms with van der Waals surface area (Å²) in [5, 5.41) is 0. The molecule has 0 unspecified atom stereocenters. The summed E-state index contributed by atoms with van der Waals surface area (Å²) in [4.78, 5) is 6.09. The number of aromatic nitrogens is 2. The van der Waals surface area contributed by atoms with E-state index in [-0.39, 0.29) is 0 Å². The van der Waals surface area contributed by atoms with Gasteiger partial charge in [-0.3, -0.25) is 0 Å². The van der Waals surface area contributed by atoms with Gasteiger partial charge in [0, 0.05) is 25.5 Å². The lowest BCUT2D eigenvalue weighted by molar-refractivity contribution is 0.402. The average Bonchev–Trinajstić information content (AvgIpc) is 2.70. The van der Waals surface area contributed by atoms with Crippen LogP contribution < -0.4 is 0 Å². The highest BCUT2D eigenvalue weighted by atomic mass is 15.0. The number of benzene rings is 1. The van der Waals surface area contributed by atoms with E-state index in [1.54, 1.807) is 6.20 Å². The number of imidazole rings is 1. The second-order valence-corrected chi connectivity index (χ2v) is 4.21. The third-order valence-electron chi connectivity index (χ3n) is 2.35. The van der Waals surface area contributed by atoms with Gasteiger partial charge < -0.3 is 9.47 Å². The molecule has 0 bridgehead atoms. The molecule has 2 aromatic rings. The van der Waals surface area contributed by atoms with Crippen LogP contribution in [-0.4, -0.2) is 28.5 Å². The lowest BCUT2D eigenvalue weighted by Gasteiger charge is -2.11. The fourth-order valence-electron chi connectivity index (χ4n) is 1.73. The number of hydrogen-bond acceptors (Lipinski definition) is 2. The fraction of sp³-hybridized carbons (Fsp3) is 0.308. The van der Waals surface area contributed by atoms with Crippen molar-refractivity contribution >= 4 is 0 Å². The molecule has 0 N–H and O–H groups in total. The standard InChI is InChI=1S/C13H16N3/c1-15(2)9-12-4-3-5-13(8-12)10-16-7-6-14-11-16/h3-8H,9-10H2,1-2H3. The van der Waals surface area contributed by atoms with Crippen LogP contribution in [0.4, 0.5) is 0 Å². The van der Waals surface area contributed by atoms with E-state index in [1.165, 1.54) is 11.1 Å². The molecule has 0 aliphatic rings. The van der Waals surface area contributed by atoms with Crippen LogP contribution in [0.1, 0.15) is 11.1 Å². The Balaban J connectivity index is 2.10. The smallest absolute Gasteiger partial charge is 0.176 e. The summed E-state index contributed by atoms with van der Waals surface area (Å²) in [6.07, 6.45) is 6.58. The second-order valence-electron chi connectivity index (χ2n) is 4.21. The topological polar surface area (TPSA) is 21.1 Å². The van der Waals surface area contributed by atoms with Crippen molar-refractivity contribution in [1.82, 2.24) is 14.5 Å². The van der Waals surface area contributed by atoms with Gasteiger partial charge in [0.2, 0.25) is 0 Å². The summed E-state index contributed by atoms with van der Waals surface area (Å²) in [7, 11) is 4.16. The normalized spacial score (nSPS) is 10.9. The molecule has 0 aliphatic heterocycles. The zero-order valence-electron chi connectivity index (χ0n) is 9.72. The maximum absolute atomic E-state index is 3.92. The van der Waals surface area contributed by atoms with Gasteiger partial charge in [-0.05, 0) is 25.2 Å². The maximum Gasteiger partial charge on any atom is 0.176 e. The number of rotatable bonds is 4. The van der Waals surface area contributed by atoms with Crippen LogP contribution in [0.15, 0.2) is 36.7 Å². The predicted octanol–water partition coefficient (Wildman–Crippen LogP) is 1.79. The quantitative estimate of drug-likeness (QED) is 0.773. The molecule has 0 fully saturated rings. The first-order valence-corrected chi connectivity index (χ1v) is 5.35. The zero-order chi connectivity index (χ0) is 11.4. The van der Waals surface area contributed by atoms with Gasteiger partial charge in [-0.1, -0.05) is 24.3 Å². The second kappa shape index (κ2) is 4.94. The molecular formula is C13H16N3. The highest BCUT2D eigenvalue weighted by molar-refractivity contribution is 5.23. The molecule has 83 valence electrons. The largest absolute Gasteiger partial charge is 0.324 e. The maximum atomic E-state index is 3.92.